The summed E-state index contributed by atoms with van der Waals surface area (Å²) in [5, 5.41) is 0.135. The number of hydrogen-bond donors (Lipinski definition) is 2. The molecule has 2 aromatic carbocycles. The Labute approximate surface area is 111 Å². The molecule has 1 unspecified atom stereocenters. The van der Waals surface area contributed by atoms with E-state index < -0.39 is 0 Å². The van der Waals surface area contributed by atoms with Gasteiger partial charge in [-0.25, -0.2) is 4.39 Å². The summed E-state index contributed by atoms with van der Waals surface area (Å²) >= 11 is 5.76. The zero-order valence-corrected chi connectivity index (χ0v) is 10.5. The lowest BCUT2D eigenvalue weighted by Gasteiger charge is -2.17. The maximum absolute atomic E-state index is 13.8. The summed E-state index contributed by atoms with van der Waals surface area (Å²) in [6.45, 7) is 0. The minimum absolute atomic E-state index is 0.135. The molecule has 0 amide bonds. The van der Waals surface area contributed by atoms with Gasteiger partial charge in [-0.1, -0.05) is 54.1 Å². The molecule has 0 aliphatic carbocycles. The van der Waals surface area contributed by atoms with Gasteiger partial charge in [0.1, 0.15) is 5.82 Å². The number of nitrogens with one attached hydrogen (secondary N) is 1. The van der Waals surface area contributed by atoms with Crippen molar-refractivity contribution in [2.45, 2.75) is 12.5 Å². The maximum Gasteiger partial charge on any atom is 0.145 e. The number of benzene rings is 2. The van der Waals surface area contributed by atoms with Crippen LogP contribution in [0.5, 0.6) is 0 Å². The smallest absolute Gasteiger partial charge is 0.145 e. The van der Waals surface area contributed by atoms with Crippen LogP contribution in [-0.4, -0.2) is 0 Å². The van der Waals surface area contributed by atoms with Crippen LogP contribution in [0.3, 0.4) is 0 Å². The number of rotatable bonds is 4. The van der Waals surface area contributed by atoms with Gasteiger partial charge in [0.15, 0.2) is 0 Å². The number of nitrogens with two attached hydrogens (primary N) is 1. The fourth-order valence-electron chi connectivity index (χ4n) is 1.88. The van der Waals surface area contributed by atoms with E-state index in [2.05, 4.69) is 5.43 Å². The molecule has 4 heteroatoms. The highest BCUT2D eigenvalue weighted by Crippen LogP contribution is 2.23. The minimum atomic E-state index is -0.379. The molecule has 0 saturated heterocycles. The predicted octanol–water partition coefficient (Wildman–Crippen LogP) is 3.23. The standard InChI is InChI=1S/C14H14ClFN2/c15-12-8-4-7-11(14(12)16)9-13(18-17)10-5-2-1-3-6-10/h1-8,13,18H,9,17H2. The van der Waals surface area contributed by atoms with Gasteiger partial charge in [0.05, 0.1) is 11.1 Å². The lowest BCUT2D eigenvalue weighted by Crippen LogP contribution is -2.29. The molecule has 0 aliphatic rings. The normalized spacial score (nSPS) is 12.4. The molecule has 18 heavy (non-hydrogen) atoms. The molecule has 2 rings (SSSR count). The first-order valence-electron chi connectivity index (χ1n) is 5.66. The fourth-order valence-corrected chi connectivity index (χ4v) is 2.08. The molecule has 0 bridgehead atoms. The highest BCUT2D eigenvalue weighted by molar-refractivity contribution is 6.30. The fraction of sp³-hybridized carbons (Fsp3) is 0.143. The molecule has 1 atom stereocenters. The van der Waals surface area contributed by atoms with Crippen molar-refractivity contribution < 1.29 is 4.39 Å². The number of halogens is 2. The Balaban J connectivity index is 2.24. The molecule has 3 N–H and O–H groups in total. The summed E-state index contributed by atoms with van der Waals surface area (Å²) in [7, 11) is 0. The van der Waals surface area contributed by atoms with Crippen molar-refractivity contribution in [2.24, 2.45) is 5.84 Å². The molecule has 0 heterocycles. The average Bonchev–Trinajstić information content (AvgIpc) is 2.41. The van der Waals surface area contributed by atoms with E-state index in [1.165, 1.54) is 6.07 Å². The van der Waals surface area contributed by atoms with E-state index in [9.17, 15) is 4.39 Å². The van der Waals surface area contributed by atoms with Crippen LogP contribution < -0.4 is 11.3 Å². The van der Waals surface area contributed by atoms with E-state index in [-0.39, 0.29) is 16.9 Å². The average molecular weight is 265 g/mol. The highest BCUT2D eigenvalue weighted by Gasteiger charge is 2.14. The summed E-state index contributed by atoms with van der Waals surface area (Å²) in [5.74, 6) is 5.16. The van der Waals surface area contributed by atoms with Gasteiger partial charge in [0.2, 0.25) is 0 Å². The first kappa shape index (κ1) is 13.0. The third-order valence-corrected chi connectivity index (χ3v) is 3.15. The Morgan fingerprint density at radius 1 is 1.11 bits per heavy atom. The van der Waals surface area contributed by atoms with Crippen LogP contribution in [-0.2, 0) is 6.42 Å². The maximum atomic E-state index is 13.8. The van der Waals surface area contributed by atoms with Crippen molar-refractivity contribution >= 4 is 11.6 Å². The third kappa shape index (κ3) is 2.88. The first-order chi connectivity index (χ1) is 8.72. The van der Waals surface area contributed by atoms with Gasteiger partial charge in [-0.2, -0.15) is 0 Å². The van der Waals surface area contributed by atoms with Crippen LogP contribution in [0.15, 0.2) is 48.5 Å². The van der Waals surface area contributed by atoms with Crippen LogP contribution in [0.1, 0.15) is 17.2 Å². The summed E-state index contributed by atoms with van der Waals surface area (Å²) in [6.07, 6.45) is 0.451. The van der Waals surface area contributed by atoms with Crippen molar-refractivity contribution in [3.05, 3.63) is 70.5 Å². The Bertz CT molecular complexity index is 516. The zero-order valence-electron chi connectivity index (χ0n) is 9.74. The number of hydrazine groups is 1. The largest absolute Gasteiger partial charge is 0.271 e. The second-order valence-corrected chi connectivity index (χ2v) is 4.45. The van der Waals surface area contributed by atoms with Gasteiger partial charge < -0.3 is 0 Å². The Kier molecular flexibility index (Phi) is 4.31. The van der Waals surface area contributed by atoms with Crippen LogP contribution >= 0.6 is 11.6 Å². The monoisotopic (exact) mass is 264 g/mol. The van der Waals surface area contributed by atoms with Gasteiger partial charge in [-0.15, -0.1) is 0 Å². The molecule has 0 aromatic heterocycles. The van der Waals surface area contributed by atoms with Gasteiger partial charge in [0, 0.05) is 0 Å². The van der Waals surface area contributed by atoms with Crippen molar-refractivity contribution in [3.8, 4) is 0 Å². The van der Waals surface area contributed by atoms with Crippen LogP contribution in [0.4, 0.5) is 4.39 Å². The Morgan fingerprint density at radius 3 is 2.50 bits per heavy atom. The summed E-state index contributed by atoms with van der Waals surface area (Å²) in [4.78, 5) is 0. The van der Waals surface area contributed by atoms with E-state index >= 15 is 0 Å². The SMILES string of the molecule is NNC(Cc1cccc(Cl)c1F)c1ccccc1. The lowest BCUT2D eigenvalue weighted by molar-refractivity contribution is 0.529. The second-order valence-electron chi connectivity index (χ2n) is 4.05. The highest BCUT2D eigenvalue weighted by atomic mass is 35.5. The van der Waals surface area contributed by atoms with E-state index in [1.54, 1.807) is 12.1 Å². The van der Waals surface area contributed by atoms with Crippen LogP contribution in [0, 0.1) is 5.82 Å². The van der Waals surface area contributed by atoms with E-state index in [4.69, 9.17) is 17.4 Å². The molecule has 2 nitrogen and oxygen atoms in total. The molecule has 0 fully saturated rings. The number of hydrogen-bond acceptors (Lipinski definition) is 2. The van der Waals surface area contributed by atoms with Gasteiger partial charge in [-0.05, 0) is 23.6 Å². The Morgan fingerprint density at radius 2 is 1.83 bits per heavy atom. The van der Waals surface area contributed by atoms with Crippen molar-refractivity contribution in [2.75, 3.05) is 0 Å². The topological polar surface area (TPSA) is 38.0 Å². The quantitative estimate of drug-likeness (QED) is 0.657. The van der Waals surface area contributed by atoms with Gasteiger partial charge >= 0.3 is 0 Å². The molecular weight excluding hydrogens is 251 g/mol. The lowest BCUT2D eigenvalue weighted by atomic mass is 9.99. The van der Waals surface area contributed by atoms with Gasteiger partial charge in [-0.3, -0.25) is 11.3 Å². The Hall–Kier alpha value is -1.42. The molecular formula is C14H14ClFN2. The summed E-state index contributed by atoms with van der Waals surface area (Å²) in [5.41, 5.74) is 4.27. The summed E-state index contributed by atoms with van der Waals surface area (Å²) in [6, 6.07) is 14.5. The zero-order chi connectivity index (χ0) is 13.0. The van der Waals surface area contributed by atoms with Crippen LogP contribution in [0.2, 0.25) is 5.02 Å². The van der Waals surface area contributed by atoms with E-state index in [1.807, 2.05) is 30.3 Å². The minimum Gasteiger partial charge on any atom is -0.271 e. The third-order valence-electron chi connectivity index (χ3n) is 2.86. The van der Waals surface area contributed by atoms with Crippen molar-refractivity contribution in [1.82, 2.24) is 5.43 Å². The molecule has 2 aromatic rings. The first-order valence-corrected chi connectivity index (χ1v) is 6.04. The molecule has 0 saturated carbocycles. The predicted molar refractivity (Wildman–Crippen MR) is 71.6 cm³/mol. The molecule has 0 aliphatic heterocycles. The van der Waals surface area contributed by atoms with Crippen LogP contribution in [0.25, 0.3) is 0 Å². The van der Waals surface area contributed by atoms with E-state index in [0.29, 0.717) is 12.0 Å². The molecule has 0 spiro atoms. The van der Waals surface area contributed by atoms with Crippen molar-refractivity contribution in [3.63, 3.8) is 0 Å². The second kappa shape index (κ2) is 5.96. The summed E-state index contributed by atoms with van der Waals surface area (Å²) < 4.78 is 13.8. The van der Waals surface area contributed by atoms with Crippen molar-refractivity contribution in [1.29, 1.82) is 0 Å². The molecule has 94 valence electrons. The van der Waals surface area contributed by atoms with E-state index in [0.717, 1.165) is 5.56 Å². The molecule has 0 radical (unpaired) electrons. The van der Waals surface area contributed by atoms with Gasteiger partial charge in [0.25, 0.3) is 0 Å².